The van der Waals surface area contributed by atoms with E-state index in [1.807, 2.05) is 45.0 Å². The van der Waals surface area contributed by atoms with Gasteiger partial charge in [-0.1, -0.05) is 12.1 Å². The maximum atomic E-state index is 11.7. The van der Waals surface area contributed by atoms with Gasteiger partial charge in [0.25, 0.3) is 0 Å². The smallest absolute Gasteiger partial charge is 0.311 e. The summed E-state index contributed by atoms with van der Waals surface area (Å²) < 4.78 is 10.4. The summed E-state index contributed by atoms with van der Waals surface area (Å²) in [4.78, 5) is 14.4. The largest absolute Gasteiger partial charge is 0.497 e. The van der Waals surface area contributed by atoms with Crippen molar-refractivity contribution < 1.29 is 14.3 Å². The number of hydrogen-bond donors (Lipinski definition) is 1. The number of thioether (sulfide) groups is 1. The molecule has 0 aliphatic heterocycles. The predicted octanol–water partition coefficient (Wildman–Crippen LogP) is 3.63. The van der Waals surface area contributed by atoms with Gasteiger partial charge in [0.05, 0.1) is 18.6 Å². The van der Waals surface area contributed by atoms with Crippen molar-refractivity contribution >= 4 is 29.5 Å². The average Bonchev–Trinajstić information content (AvgIpc) is 2.50. The SMILES string of the molecule is COc1ccc(CSC[C@@H](COC(=O)C(C)(C)C)NCl)cc1. The minimum absolute atomic E-state index is 0.0729. The Balaban J connectivity index is 2.32. The molecule has 1 aromatic carbocycles. The van der Waals surface area contributed by atoms with Crippen LogP contribution >= 0.6 is 23.5 Å². The van der Waals surface area contributed by atoms with E-state index in [0.29, 0.717) is 0 Å². The van der Waals surface area contributed by atoms with Crippen LogP contribution in [-0.2, 0) is 15.3 Å². The summed E-state index contributed by atoms with van der Waals surface area (Å²) in [7, 11) is 1.65. The van der Waals surface area contributed by atoms with Crippen LogP contribution in [0.1, 0.15) is 26.3 Å². The van der Waals surface area contributed by atoms with Gasteiger partial charge in [-0.25, -0.2) is 4.84 Å². The second-order valence-electron chi connectivity index (χ2n) is 6.02. The lowest BCUT2D eigenvalue weighted by atomic mass is 9.97. The van der Waals surface area contributed by atoms with Crippen LogP contribution in [-0.4, -0.2) is 31.5 Å². The topological polar surface area (TPSA) is 47.6 Å². The number of carbonyl (C=O) groups is 1. The van der Waals surface area contributed by atoms with Crippen LogP contribution < -0.4 is 9.57 Å². The standard InChI is InChI=1S/C16H24ClNO3S/c1-16(2,3)15(19)21-9-13(18-17)11-22-10-12-5-7-14(20-4)8-6-12/h5-8,13,18H,9-11H2,1-4H3/t13-/m1/s1. The summed E-state index contributed by atoms with van der Waals surface area (Å²) >= 11 is 7.45. The summed E-state index contributed by atoms with van der Waals surface area (Å²) in [5, 5.41) is 0. The summed E-state index contributed by atoms with van der Waals surface area (Å²) in [5.74, 6) is 2.26. The summed E-state index contributed by atoms with van der Waals surface area (Å²) in [6.45, 7) is 5.76. The minimum atomic E-state index is -0.493. The van der Waals surface area contributed by atoms with Gasteiger partial charge in [-0.15, -0.1) is 0 Å². The Morgan fingerprint density at radius 2 is 1.95 bits per heavy atom. The van der Waals surface area contributed by atoms with Crippen LogP contribution in [0.25, 0.3) is 0 Å². The second kappa shape index (κ2) is 9.28. The highest BCUT2D eigenvalue weighted by Crippen LogP contribution is 2.18. The van der Waals surface area contributed by atoms with Gasteiger partial charge in [0.2, 0.25) is 0 Å². The van der Waals surface area contributed by atoms with Gasteiger partial charge in [0, 0.05) is 11.5 Å². The summed E-state index contributed by atoms with van der Waals surface area (Å²) in [6, 6.07) is 7.89. The van der Waals surface area contributed by atoms with Crippen molar-refractivity contribution in [1.29, 1.82) is 0 Å². The number of ether oxygens (including phenoxy) is 2. The van der Waals surface area contributed by atoms with E-state index in [9.17, 15) is 4.79 Å². The Hall–Kier alpha value is -0.910. The number of esters is 1. The number of benzene rings is 1. The molecule has 0 aliphatic rings. The molecule has 0 amide bonds. The van der Waals surface area contributed by atoms with Crippen molar-refractivity contribution in [3.05, 3.63) is 29.8 Å². The molecule has 0 bridgehead atoms. The predicted molar refractivity (Wildman–Crippen MR) is 92.3 cm³/mol. The monoisotopic (exact) mass is 345 g/mol. The van der Waals surface area contributed by atoms with Crippen LogP contribution in [0.4, 0.5) is 0 Å². The molecular weight excluding hydrogens is 322 g/mol. The van der Waals surface area contributed by atoms with E-state index in [1.165, 1.54) is 5.56 Å². The van der Waals surface area contributed by atoms with Gasteiger partial charge < -0.3 is 9.47 Å². The second-order valence-corrected chi connectivity index (χ2v) is 7.27. The molecule has 0 unspecified atom stereocenters. The van der Waals surface area contributed by atoms with E-state index in [0.717, 1.165) is 17.3 Å². The highest BCUT2D eigenvalue weighted by atomic mass is 35.5. The Morgan fingerprint density at radius 3 is 2.45 bits per heavy atom. The van der Waals surface area contributed by atoms with Gasteiger partial charge in [0.15, 0.2) is 0 Å². The van der Waals surface area contributed by atoms with Gasteiger partial charge in [-0.2, -0.15) is 11.8 Å². The average molecular weight is 346 g/mol. The van der Waals surface area contributed by atoms with E-state index in [-0.39, 0.29) is 18.6 Å². The third-order valence-electron chi connectivity index (χ3n) is 2.93. The fourth-order valence-electron chi connectivity index (χ4n) is 1.54. The lowest BCUT2D eigenvalue weighted by molar-refractivity contribution is -0.153. The van der Waals surface area contributed by atoms with Crippen LogP contribution in [0.2, 0.25) is 0 Å². The zero-order valence-electron chi connectivity index (χ0n) is 13.5. The quantitative estimate of drug-likeness (QED) is 0.576. The normalized spacial score (nSPS) is 12.8. The minimum Gasteiger partial charge on any atom is -0.497 e. The summed E-state index contributed by atoms with van der Waals surface area (Å²) in [6.07, 6.45) is 0. The fraction of sp³-hybridized carbons (Fsp3) is 0.562. The van der Waals surface area contributed by atoms with Crippen molar-refractivity contribution in [2.75, 3.05) is 19.5 Å². The van der Waals surface area contributed by atoms with Crippen molar-refractivity contribution in [3.8, 4) is 5.75 Å². The van der Waals surface area contributed by atoms with Crippen LogP contribution in [0.5, 0.6) is 5.75 Å². The molecule has 1 aromatic rings. The van der Waals surface area contributed by atoms with Crippen molar-refractivity contribution in [2.24, 2.45) is 5.41 Å². The molecule has 0 radical (unpaired) electrons. The molecule has 0 saturated heterocycles. The lowest BCUT2D eigenvalue weighted by Gasteiger charge is -2.20. The van der Waals surface area contributed by atoms with Crippen molar-refractivity contribution in [3.63, 3.8) is 0 Å². The molecule has 22 heavy (non-hydrogen) atoms. The van der Waals surface area contributed by atoms with Gasteiger partial charge in [0.1, 0.15) is 12.4 Å². The Bertz CT molecular complexity index is 459. The van der Waals surface area contributed by atoms with E-state index in [1.54, 1.807) is 18.9 Å². The van der Waals surface area contributed by atoms with Crippen LogP contribution in [0.15, 0.2) is 24.3 Å². The number of nitrogens with one attached hydrogen (secondary N) is 1. The van der Waals surface area contributed by atoms with Crippen molar-refractivity contribution in [2.45, 2.75) is 32.6 Å². The zero-order valence-corrected chi connectivity index (χ0v) is 15.1. The number of halogens is 1. The summed E-state index contributed by atoms with van der Waals surface area (Å²) in [5.41, 5.74) is 0.721. The number of rotatable bonds is 8. The molecule has 0 aromatic heterocycles. The Morgan fingerprint density at radius 1 is 1.32 bits per heavy atom. The maximum absolute atomic E-state index is 11.7. The molecular formula is C16H24ClNO3S. The van der Waals surface area contributed by atoms with Gasteiger partial charge >= 0.3 is 5.97 Å². The van der Waals surface area contributed by atoms with Crippen LogP contribution in [0.3, 0.4) is 0 Å². The van der Waals surface area contributed by atoms with E-state index in [4.69, 9.17) is 21.3 Å². The number of methoxy groups -OCH3 is 1. The first-order chi connectivity index (χ1) is 10.4. The highest BCUT2D eigenvalue weighted by Gasteiger charge is 2.24. The first-order valence-electron chi connectivity index (χ1n) is 7.11. The molecule has 6 heteroatoms. The molecule has 1 N–H and O–H groups in total. The molecule has 4 nitrogen and oxygen atoms in total. The number of hydrogen-bond acceptors (Lipinski definition) is 5. The van der Waals surface area contributed by atoms with Crippen LogP contribution in [0, 0.1) is 5.41 Å². The fourth-order valence-corrected chi connectivity index (χ4v) is 2.79. The molecule has 0 aliphatic carbocycles. The molecule has 0 fully saturated rings. The van der Waals surface area contributed by atoms with Gasteiger partial charge in [-0.05, 0) is 50.2 Å². The molecule has 1 atom stereocenters. The van der Waals surface area contributed by atoms with E-state index in [2.05, 4.69) is 4.84 Å². The molecule has 0 saturated carbocycles. The van der Waals surface area contributed by atoms with Gasteiger partial charge in [-0.3, -0.25) is 4.79 Å². The third-order valence-corrected chi connectivity index (χ3v) is 4.41. The molecule has 124 valence electrons. The lowest BCUT2D eigenvalue weighted by Crippen LogP contribution is -2.33. The third kappa shape index (κ3) is 6.90. The first kappa shape index (κ1) is 19.1. The highest BCUT2D eigenvalue weighted by molar-refractivity contribution is 7.98. The van der Waals surface area contributed by atoms with Crippen molar-refractivity contribution in [1.82, 2.24) is 4.84 Å². The van der Waals surface area contributed by atoms with E-state index < -0.39 is 5.41 Å². The van der Waals surface area contributed by atoms with E-state index >= 15 is 0 Å². The molecule has 1 rings (SSSR count). The zero-order chi connectivity index (χ0) is 16.6. The molecule has 0 heterocycles. The Labute approximate surface area is 142 Å². The number of carbonyl (C=O) groups excluding carboxylic acids is 1. The Kier molecular flexibility index (Phi) is 8.07. The maximum Gasteiger partial charge on any atom is 0.311 e. The first-order valence-corrected chi connectivity index (χ1v) is 8.64. The molecule has 0 spiro atoms.